The van der Waals surface area contributed by atoms with Crippen molar-refractivity contribution in [3.8, 4) is 0 Å². The first-order valence-corrected chi connectivity index (χ1v) is 12.2. The van der Waals surface area contributed by atoms with E-state index in [4.69, 9.17) is 0 Å². The third-order valence-corrected chi connectivity index (χ3v) is 6.81. The Morgan fingerprint density at radius 2 is 1.41 bits per heavy atom. The van der Waals surface area contributed by atoms with Crippen LogP contribution in [-0.4, -0.2) is 11.4 Å². The molecule has 0 unspecified atom stereocenters. The zero-order valence-electron chi connectivity index (χ0n) is 18.8. The van der Waals surface area contributed by atoms with Crippen LogP contribution in [0.25, 0.3) is 0 Å². The van der Waals surface area contributed by atoms with Gasteiger partial charge in [0.05, 0.1) is 0 Å². The number of unbranched alkanes of at least 4 members (excludes halogenated alkanes) is 8. The van der Waals surface area contributed by atoms with Gasteiger partial charge in [-0.25, -0.2) is 0 Å². The van der Waals surface area contributed by atoms with Gasteiger partial charge in [-0.3, -0.25) is 4.90 Å². The Bertz CT molecular complexity index is 692. The van der Waals surface area contributed by atoms with E-state index in [1.54, 1.807) is 11.1 Å². The third kappa shape index (κ3) is 6.44. The van der Waals surface area contributed by atoms with Crippen molar-refractivity contribution in [3.05, 3.63) is 71.3 Å². The van der Waals surface area contributed by atoms with Crippen LogP contribution < -0.4 is 0 Å². The molecule has 2 atom stereocenters. The fourth-order valence-electron chi connectivity index (χ4n) is 5.03. The molecule has 0 aromatic heterocycles. The van der Waals surface area contributed by atoms with Gasteiger partial charge in [-0.2, -0.15) is 0 Å². The average molecular weight is 392 g/mol. The Labute approximate surface area is 179 Å². The van der Waals surface area contributed by atoms with E-state index in [1.807, 2.05) is 0 Å². The molecule has 0 aliphatic carbocycles. The van der Waals surface area contributed by atoms with E-state index in [-0.39, 0.29) is 0 Å². The number of fused-ring (bicyclic) bond motifs is 1. The van der Waals surface area contributed by atoms with Gasteiger partial charge in [0, 0.05) is 18.6 Å². The molecule has 1 heterocycles. The summed E-state index contributed by atoms with van der Waals surface area (Å²) in [5, 5.41) is 0. The molecular weight excluding hydrogens is 350 g/mol. The SMILES string of the molecule is CCCCCCCCCCC[C@H]1c2ccccc2CCN1[C@@H](C)c1ccccc1. The smallest absolute Gasteiger partial charge is 0.0357 e. The van der Waals surface area contributed by atoms with Gasteiger partial charge >= 0.3 is 0 Å². The van der Waals surface area contributed by atoms with E-state index in [0.29, 0.717) is 12.1 Å². The number of nitrogens with zero attached hydrogens (tertiary/aromatic N) is 1. The van der Waals surface area contributed by atoms with Gasteiger partial charge in [0.2, 0.25) is 0 Å². The van der Waals surface area contributed by atoms with Gasteiger partial charge in [0.15, 0.2) is 0 Å². The second-order valence-corrected chi connectivity index (χ2v) is 8.91. The summed E-state index contributed by atoms with van der Waals surface area (Å²) in [5.74, 6) is 0. The van der Waals surface area contributed by atoms with E-state index < -0.39 is 0 Å². The molecule has 0 fully saturated rings. The Hall–Kier alpha value is -1.60. The van der Waals surface area contributed by atoms with Gasteiger partial charge in [0.25, 0.3) is 0 Å². The van der Waals surface area contributed by atoms with Crippen molar-refractivity contribution in [1.82, 2.24) is 4.90 Å². The van der Waals surface area contributed by atoms with E-state index in [1.165, 1.54) is 82.7 Å². The second-order valence-electron chi connectivity index (χ2n) is 8.91. The minimum atomic E-state index is 0.480. The van der Waals surface area contributed by atoms with Gasteiger partial charge in [0.1, 0.15) is 0 Å². The number of hydrogen-bond donors (Lipinski definition) is 0. The Balaban J connectivity index is 1.55. The highest BCUT2D eigenvalue weighted by molar-refractivity contribution is 5.33. The van der Waals surface area contributed by atoms with Gasteiger partial charge in [-0.05, 0) is 36.5 Å². The zero-order valence-corrected chi connectivity index (χ0v) is 18.8. The van der Waals surface area contributed by atoms with Crippen molar-refractivity contribution < 1.29 is 0 Å². The predicted octanol–water partition coefficient (Wildman–Crippen LogP) is 8.27. The highest BCUT2D eigenvalue weighted by Gasteiger charge is 2.30. The minimum absolute atomic E-state index is 0.480. The van der Waals surface area contributed by atoms with Crippen LogP contribution >= 0.6 is 0 Å². The van der Waals surface area contributed by atoms with Crippen molar-refractivity contribution >= 4 is 0 Å². The van der Waals surface area contributed by atoms with Gasteiger partial charge < -0.3 is 0 Å². The molecule has 0 amide bonds. The van der Waals surface area contributed by atoms with Crippen LogP contribution in [0.15, 0.2) is 54.6 Å². The monoisotopic (exact) mass is 391 g/mol. The minimum Gasteiger partial charge on any atom is -0.289 e. The normalized spacial score (nSPS) is 17.8. The van der Waals surface area contributed by atoms with Crippen molar-refractivity contribution in [3.63, 3.8) is 0 Å². The second kappa shape index (κ2) is 12.2. The van der Waals surface area contributed by atoms with Gasteiger partial charge in [-0.1, -0.05) is 119 Å². The lowest BCUT2D eigenvalue weighted by atomic mass is 9.87. The lowest BCUT2D eigenvalue weighted by Gasteiger charge is -2.41. The maximum atomic E-state index is 2.77. The highest BCUT2D eigenvalue weighted by Crippen LogP contribution is 2.39. The van der Waals surface area contributed by atoms with Gasteiger partial charge in [-0.15, -0.1) is 0 Å². The lowest BCUT2D eigenvalue weighted by Crippen LogP contribution is -2.37. The topological polar surface area (TPSA) is 3.24 Å². The summed E-state index contributed by atoms with van der Waals surface area (Å²) >= 11 is 0. The number of rotatable bonds is 12. The molecule has 0 spiro atoms. The van der Waals surface area contributed by atoms with Crippen LogP contribution in [0.4, 0.5) is 0 Å². The summed E-state index contributed by atoms with van der Waals surface area (Å²) in [6, 6.07) is 21.3. The third-order valence-electron chi connectivity index (χ3n) is 6.81. The summed E-state index contributed by atoms with van der Waals surface area (Å²) in [7, 11) is 0. The molecule has 0 radical (unpaired) electrons. The molecule has 2 aromatic rings. The van der Waals surface area contributed by atoms with Crippen LogP contribution in [0.5, 0.6) is 0 Å². The number of benzene rings is 2. The summed E-state index contributed by atoms with van der Waals surface area (Å²) in [6.07, 6.45) is 15.1. The Kier molecular flexibility index (Phi) is 9.28. The summed E-state index contributed by atoms with van der Waals surface area (Å²) in [6.45, 7) is 5.87. The molecule has 1 nitrogen and oxygen atoms in total. The summed E-state index contributed by atoms with van der Waals surface area (Å²) in [5.41, 5.74) is 4.61. The fraction of sp³-hybridized carbons (Fsp3) is 0.571. The standard InChI is InChI=1S/C28H41N/c1-3-4-5-6-7-8-9-10-14-21-28-27-20-16-15-19-26(27)22-23-29(28)24(2)25-17-12-11-13-18-25/h11-13,15-20,24,28H,3-10,14,21-23H2,1-2H3/t24-,28-/m0/s1. The molecule has 0 saturated carbocycles. The predicted molar refractivity (Wildman–Crippen MR) is 126 cm³/mol. The average Bonchev–Trinajstić information content (AvgIpc) is 2.78. The molecule has 158 valence electrons. The van der Waals surface area contributed by atoms with E-state index in [9.17, 15) is 0 Å². The lowest BCUT2D eigenvalue weighted by molar-refractivity contribution is 0.123. The van der Waals surface area contributed by atoms with Crippen LogP contribution in [-0.2, 0) is 6.42 Å². The van der Waals surface area contributed by atoms with Crippen molar-refractivity contribution in [1.29, 1.82) is 0 Å². The summed E-state index contributed by atoms with van der Waals surface area (Å²) in [4.78, 5) is 2.77. The van der Waals surface area contributed by atoms with E-state index >= 15 is 0 Å². The van der Waals surface area contributed by atoms with Crippen molar-refractivity contribution in [2.24, 2.45) is 0 Å². The molecule has 0 saturated heterocycles. The first kappa shape index (κ1) is 22.1. The van der Waals surface area contributed by atoms with E-state index in [0.717, 1.165) is 0 Å². The molecular formula is C28H41N. The molecule has 2 aromatic carbocycles. The zero-order chi connectivity index (χ0) is 20.3. The molecule has 0 N–H and O–H groups in total. The van der Waals surface area contributed by atoms with E-state index in [2.05, 4.69) is 73.3 Å². The molecule has 3 rings (SSSR count). The maximum absolute atomic E-state index is 2.77. The molecule has 0 bridgehead atoms. The molecule has 29 heavy (non-hydrogen) atoms. The van der Waals surface area contributed by atoms with Crippen LogP contribution in [0.1, 0.15) is 107 Å². The Morgan fingerprint density at radius 1 is 0.793 bits per heavy atom. The fourth-order valence-corrected chi connectivity index (χ4v) is 5.03. The van der Waals surface area contributed by atoms with Crippen LogP contribution in [0.3, 0.4) is 0 Å². The quantitative estimate of drug-likeness (QED) is 0.329. The van der Waals surface area contributed by atoms with Crippen molar-refractivity contribution in [2.45, 2.75) is 96.6 Å². The van der Waals surface area contributed by atoms with Crippen molar-refractivity contribution in [2.75, 3.05) is 6.54 Å². The molecule has 1 heteroatoms. The molecule has 1 aliphatic rings. The Morgan fingerprint density at radius 3 is 2.14 bits per heavy atom. The van der Waals surface area contributed by atoms with Crippen LogP contribution in [0.2, 0.25) is 0 Å². The first-order chi connectivity index (χ1) is 14.3. The first-order valence-electron chi connectivity index (χ1n) is 12.2. The largest absolute Gasteiger partial charge is 0.289 e. The number of hydrogen-bond acceptors (Lipinski definition) is 1. The molecule has 1 aliphatic heterocycles. The summed E-state index contributed by atoms with van der Waals surface area (Å²) < 4.78 is 0. The highest BCUT2D eigenvalue weighted by atomic mass is 15.2. The van der Waals surface area contributed by atoms with Crippen LogP contribution in [0, 0.1) is 0 Å². The maximum Gasteiger partial charge on any atom is 0.0357 e.